The maximum atomic E-state index is 11.4. The van der Waals surface area contributed by atoms with Gasteiger partial charge in [-0.05, 0) is 36.8 Å². The van der Waals surface area contributed by atoms with Crippen LogP contribution >= 0.6 is 0 Å². The first-order chi connectivity index (χ1) is 8.41. The molecule has 0 amide bonds. The molecule has 4 heteroatoms. The summed E-state index contributed by atoms with van der Waals surface area (Å²) in [5.41, 5.74) is 1.34. The second-order valence-electron chi connectivity index (χ2n) is 5.82. The number of rotatable bonds is 2. The maximum Gasteiger partial charge on any atom is 0.339 e. The number of aromatic carboxylic acids is 1. The van der Waals surface area contributed by atoms with Gasteiger partial charge in [0.2, 0.25) is 0 Å². The van der Waals surface area contributed by atoms with Crippen LogP contribution in [0.15, 0.2) is 12.3 Å². The minimum Gasteiger partial charge on any atom is -0.478 e. The van der Waals surface area contributed by atoms with Gasteiger partial charge < -0.3 is 10.0 Å². The molecule has 4 nitrogen and oxygen atoms in total. The number of carbonyl (C=O) groups is 1. The Morgan fingerprint density at radius 1 is 1.50 bits per heavy atom. The van der Waals surface area contributed by atoms with Crippen molar-refractivity contribution in [1.82, 2.24) is 4.98 Å². The summed E-state index contributed by atoms with van der Waals surface area (Å²) >= 11 is 0. The van der Waals surface area contributed by atoms with E-state index in [1.165, 1.54) is 6.42 Å². The summed E-state index contributed by atoms with van der Waals surface area (Å²) in [7, 11) is 0. The van der Waals surface area contributed by atoms with Crippen molar-refractivity contribution in [3.63, 3.8) is 0 Å². The minimum absolute atomic E-state index is 0.222. The van der Waals surface area contributed by atoms with Crippen LogP contribution in [-0.4, -0.2) is 29.1 Å². The lowest BCUT2D eigenvalue weighted by Crippen LogP contribution is -2.41. The van der Waals surface area contributed by atoms with Gasteiger partial charge in [-0.2, -0.15) is 0 Å². The molecule has 2 heterocycles. The average molecular weight is 248 g/mol. The Kier molecular flexibility index (Phi) is 3.28. The molecule has 0 bridgehead atoms. The number of aryl methyl sites for hydroxylation is 1. The molecule has 0 radical (unpaired) electrons. The van der Waals surface area contributed by atoms with Crippen LogP contribution in [0, 0.1) is 12.3 Å². The minimum atomic E-state index is -0.890. The van der Waals surface area contributed by atoms with Gasteiger partial charge in [-0.25, -0.2) is 9.78 Å². The Morgan fingerprint density at radius 2 is 2.22 bits per heavy atom. The number of anilines is 1. The van der Waals surface area contributed by atoms with Crippen LogP contribution < -0.4 is 4.90 Å². The van der Waals surface area contributed by atoms with Gasteiger partial charge in [-0.15, -0.1) is 0 Å². The molecule has 2 rings (SSSR count). The van der Waals surface area contributed by atoms with E-state index in [9.17, 15) is 9.90 Å². The molecule has 1 aromatic rings. The largest absolute Gasteiger partial charge is 0.478 e. The van der Waals surface area contributed by atoms with Crippen molar-refractivity contribution in [1.29, 1.82) is 0 Å². The lowest BCUT2D eigenvalue weighted by molar-refractivity contribution is 0.0696. The first-order valence-corrected chi connectivity index (χ1v) is 6.34. The van der Waals surface area contributed by atoms with Crippen molar-refractivity contribution in [2.45, 2.75) is 33.6 Å². The SMILES string of the molecule is Cc1ccnc(N2CCCC(C)(C)C2)c1C(=O)O. The third-order valence-corrected chi connectivity index (χ3v) is 3.55. The summed E-state index contributed by atoms with van der Waals surface area (Å²) in [5.74, 6) is -0.269. The Morgan fingerprint density at radius 3 is 2.83 bits per heavy atom. The number of hydrogen-bond donors (Lipinski definition) is 1. The highest BCUT2D eigenvalue weighted by molar-refractivity contribution is 5.95. The number of hydrogen-bond acceptors (Lipinski definition) is 3. The van der Waals surface area contributed by atoms with Crippen molar-refractivity contribution in [2.75, 3.05) is 18.0 Å². The Hall–Kier alpha value is -1.58. The van der Waals surface area contributed by atoms with Crippen LogP contribution in [0.4, 0.5) is 5.82 Å². The van der Waals surface area contributed by atoms with Crippen LogP contribution in [0.1, 0.15) is 42.6 Å². The van der Waals surface area contributed by atoms with Gasteiger partial charge in [-0.1, -0.05) is 13.8 Å². The van der Waals surface area contributed by atoms with Crippen molar-refractivity contribution in [3.05, 3.63) is 23.4 Å². The van der Waals surface area contributed by atoms with Gasteiger partial charge in [0.05, 0.1) is 0 Å². The molecule has 98 valence electrons. The van der Waals surface area contributed by atoms with E-state index in [4.69, 9.17) is 0 Å². The molecule has 1 aliphatic heterocycles. The number of aromatic nitrogens is 1. The van der Waals surface area contributed by atoms with E-state index in [0.29, 0.717) is 11.4 Å². The van der Waals surface area contributed by atoms with E-state index in [1.54, 1.807) is 12.3 Å². The lowest BCUT2D eigenvalue weighted by Gasteiger charge is -2.39. The zero-order valence-electron chi connectivity index (χ0n) is 11.2. The smallest absolute Gasteiger partial charge is 0.339 e. The van der Waals surface area contributed by atoms with Crippen LogP contribution in [0.25, 0.3) is 0 Å². The van der Waals surface area contributed by atoms with Gasteiger partial charge in [0.25, 0.3) is 0 Å². The van der Waals surface area contributed by atoms with Crippen LogP contribution in [0.5, 0.6) is 0 Å². The second-order valence-corrected chi connectivity index (χ2v) is 5.82. The van der Waals surface area contributed by atoms with Crippen LogP contribution in [-0.2, 0) is 0 Å². The molecule has 1 saturated heterocycles. The molecule has 1 fully saturated rings. The third-order valence-electron chi connectivity index (χ3n) is 3.55. The van der Waals surface area contributed by atoms with E-state index < -0.39 is 5.97 Å². The molecule has 0 atom stereocenters. The fourth-order valence-corrected chi connectivity index (χ4v) is 2.65. The first kappa shape index (κ1) is 12.9. The van der Waals surface area contributed by atoms with Gasteiger partial charge in [0, 0.05) is 19.3 Å². The summed E-state index contributed by atoms with van der Waals surface area (Å²) < 4.78 is 0. The second kappa shape index (κ2) is 4.59. The molecule has 1 aromatic heterocycles. The Balaban J connectivity index is 2.39. The van der Waals surface area contributed by atoms with E-state index in [1.807, 2.05) is 6.92 Å². The molecule has 1 aliphatic rings. The monoisotopic (exact) mass is 248 g/mol. The van der Waals surface area contributed by atoms with Crippen LogP contribution in [0.2, 0.25) is 0 Å². The van der Waals surface area contributed by atoms with Gasteiger partial charge in [0.15, 0.2) is 0 Å². The Bertz CT molecular complexity index is 469. The van der Waals surface area contributed by atoms with Crippen molar-refractivity contribution < 1.29 is 9.90 Å². The van der Waals surface area contributed by atoms with Gasteiger partial charge in [-0.3, -0.25) is 0 Å². The predicted octanol–water partition coefficient (Wildman–Crippen LogP) is 2.71. The summed E-state index contributed by atoms with van der Waals surface area (Å²) in [6.07, 6.45) is 3.96. The zero-order chi connectivity index (χ0) is 13.3. The predicted molar refractivity (Wildman–Crippen MR) is 71.2 cm³/mol. The zero-order valence-corrected chi connectivity index (χ0v) is 11.2. The fraction of sp³-hybridized carbons (Fsp3) is 0.571. The molecule has 0 spiro atoms. The molecule has 0 saturated carbocycles. The number of nitrogens with zero attached hydrogens (tertiary/aromatic N) is 2. The van der Waals surface area contributed by atoms with Crippen LogP contribution in [0.3, 0.4) is 0 Å². The van der Waals surface area contributed by atoms with E-state index in [0.717, 1.165) is 25.1 Å². The van der Waals surface area contributed by atoms with E-state index in [-0.39, 0.29) is 5.41 Å². The lowest BCUT2D eigenvalue weighted by atomic mass is 9.84. The molecular formula is C14H20N2O2. The normalized spacial score (nSPS) is 18.7. The van der Waals surface area contributed by atoms with E-state index in [2.05, 4.69) is 23.7 Å². The van der Waals surface area contributed by atoms with Crippen molar-refractivity contribution >= 4 is 11.8 Å². The highest BCUT2D eigenvalue weighted by atomic mass is 16.4. The molecule has 1 N–H and O–H groups in total. The molecule has 0 aromatic carbocycles. The van der Waals surface area contributed by atoms with Crippen molar-refractivity contribution in [2.24, 2.45) is 5.41 Å². The summed E-state index contributed by atoms with van der Waals surface area (Å²) in [5, 5.41) is 9.34. The molecular weight excluding hydrogens is 228 g/mol. The maximum absolute atomic E-state index is 11.4. The average Bonchev–Trinajstić information content (AvgIpc) is 2.26. The highest BCUT2D eigenvalue weighted by Gasteiger charge is 2.29. The fourth-order valence-electron chi connectivity index (χ4n) is 2.65. The number of piperidine rings is 1. The third kappa shape index (κ3) is 2.47. The first-order valence-electron chi connectivity index (χ1n) is 6.34. The molecule has 18 heavy (non-hydrogen) atoms. The number of carboxylic acid groups (broad SMARTS) is 1. The number of carboxylic acids is 1. The standard InChI is InChI=1S/C14H20N2O2/c1-10-5-7-15-12(11(10)13(17)18)16-8-4-6-14(2,3)9-16/h5,7H,4,6,8-9H2,1-3H3,(H,17,18). The summed E-state index contributed by atoms with van der Waals surface area (Å²) in [6.45, 7) is 8.01. The summed E-state index contributed by atoms with van der Waals surface area (Å²) in [6, 6.07) is 1.75. The molecule has 0 unspecified atom stereocenters. The summed E-state index contributed by atoms with van der Waals surface area (Å²) in [4.78, 5) is 17.8. The van der Waals surface area contributed by atoms with E-state index >= 15 is 0 Å². The number of pyridine rings is 1. The highest BCUT2D eigenvalue weighted by Crippen LogP contribution is 2.32. The van der Waals surface area contributed by atoms with Gasteiger partial charge in [0.1, 0.15) is 11.4 Å². The Labute approximate surface area is 108 Å². The van der Waals surface area contributed by atoms with Gasteiger partial charge >= 0.3 is 5.97 Å². The molecule has 0 aliphatic carbocycles. The topological polar surface area (TPSA) is 53.4 Å². The quantitative estimate of drug-likeness (QED) is 0.874. The van der Waals surface area contributed by atoms with Crippen molar-refractivity contribution in [3.8, 4) is 0 Å².